The van der Waals surface area contributed by atoms with Crippen molar-refractivity contribution in [1.82, 2.24) is 19.5 Å². The first kappa shape index (κ1) is 42.8. The van der Waals surface area contributed by atoms with Crippen LogP contribution >= 0.6 is 7.60 Å². The Morgan fingerprint density at radius 1 is 0.849 bits per heavy atom. The smallest absolute Gasteiger partial charge is 0.461 e. The predicted molar refractivity (Wildman–Crippen MR) is 185 cm³/mol. The van der Waals surface area contributed by atoms with Crippen molar-refractivity contribution in [1.29, 1.82) is 0 Å². The SMILES string of the molecule is COCCOc1nc(N)c2nc(OCOC(=O)OC(C)C)n(CC3=CC(C)CC(CP(=O)(OCOC(=O)OC(C)C)OCOC(=O)OC(C)C)=C3)c2n1. The van der Waals surface area contributed by atoms with Gasteiger partial charge in [0.1, 0.15) is 6.61 Å². The van der Waals surface area contributed by atoms with Crippen LogP contribution in [0.2, 0.25) is 0 Å². The zero-order valence-corrected chi connectivity index (χ0v) is 32.0. The number of nitrogen functional groups attached to an aromatic ring is 1. The van der Waals surface area contributed by atoms with Crippen molar-refractivity contribution < 1.29 is 70.6 Å². The second kappa shape index (κ2) is 20.6. The summed E-state index contributed by atoms with van der Waals surface area (Å²) >= 11 is 0. The normalized spacial score (nSPS) is 14.5. The van der Waals surface area contributed by atoms with E-state index in [2.05, 4.69) is 15.0 Å². The fraction of sp³-hybridized carbons (Fsp3) is 0.625. The van der Waals surface area contributed by atoms with E-state index in [9.17, 15) is 18.9 Å². The number of hydrogen-bond donors (Lipinski definition) is 1. The topological polar surface area (TPSA) is 239 Å². The van der Waals surface area contributed by atoms with Crippen LogP contribution in [0.1, 0.15) is 54.9 Å². The largest absolute Gasteiger partial charge is 0.511 e. The predicted octanol–water partition coefficient (Wildman–Crippen LogP) is 5.49. The zero-order valence-electron chi connectivity index (χ0n) is 31.1. The highest BCUT2D eigenvalue weighted by Crippen LogP contribution is 2.51. The molecule has 0 spiro atoms. The summed E-state index contributed by atoms with van der Waals surface area (Å²) in [4.78, 5) is 48.9. The molecule has 1 aliphatic rings. The first-order valence-corrected chi connectivity index (χ1v) is 18.4. The van der Waals surface area contributed by atoms with Gasteiger partial charge in [-0.2, -0.15) is 15.0 Å². The molecule has 1 aliphatic carbocycles. The lowest BCUT2D eigenvalue weighted by atomic mass is 9.92. The van der Waals surface area contributed by atoms with Gasteiger partial charge in [-0.3, -0.25) is 18.2 Å². The van der Waals surface area contributed by atoms with Gasteiger partial charge in [-0.15, -0.1) is 0 Å². The minimum Gasteiger partial charge on any atom is -0.461 e. The molecule has 2 aromatic heterocycles. The summed E-state index contributed by atoms with van der Waals surface area (Å²) in [6.45, 7) is 10.2. The third kappa shape index (κ3) is 14.7. The maximum absolute atomic E-state index is 14.0. The Bertz CT molecular complexity index is 1630. The third-order valence-electron chi connectivity index (χ3n) is 6.51. The van der Waals surface area contributed by atoms with E-state index in [-0.39, 0.29) is 60.8 Å². The highest BCUT2D eigenvalue weighted by Gasteiger charge is 2.30. The summed E-state index contributed by atoms with van der Waals surface area (Å²) in [5.41, 5.74) is 7.98. The number of anilines is 1. The van der Waals surface area contributed by atoms with Crippen LogP contribution in [0, 0.1) is 5.92 Å². The second-order valence-electron chi connectivity index (χ2n) is 12.3. The number of allylic oxidation sites excluding steroid dienone is 4. The van der Waals surface area contributed by atoms with Crippen LogP contribution in [0.25, 0.3) is 11.2 Å². The van der Waals surface area contributed by atoms with Crippen molar-refractivity contribution in [2.45, 2.75) is 79.7 Å². The second-order valence-corrected chi connectivity index (χ2v) is 14.4. The molecular formula is C32H48N5O15P. The molecule has 296 valence electrons. The minimum atomic E-state index is -4.13. The Morgan fingerprint density at radius 2 is 1.42 bits per heavy atom. The fourth-order valence-corrected chi connectivity index (χ4v) is 6.01. The quantitative estimate of drug-likeness (QED) is 0.0575. The van der Waals surface area contributed by atoms with Crippen molar-refractivity contribution in [3.8, 4) is 12.0 Å². The lowest BCUT2D eigenvalue weighted by molar-refractivity contribution is -0.0301. The van der Waals surface area contributed by atoms with E-state index in [1.165, 1.54) is 7.11 Å². The van der Waals surface area contributed by atoms with Crippen molar-refractivity contribution >= 4 is 43.0 Å². The number of carbonyl (C=O) groups excluding carboxylic acids is 3. The average Bonchev–Trinajstić information content (AvgIpc) is 3.37. The molecule has 53 heavy (non-hydrogen) atoms. The number of nitrogens with two attached hydrogens (primary N) is 1. The zero-order chi connectivity index (χ0) is 39.1. The van der Waals surface area contributed by atoms with Crippen molar-refractivity contribution in [3.05, 3.63) is 23.3 Å². The van der Waals surface area contributed by atoms with Gasteiger partial charge < -0.3 is 48.4 Å². The average molecular weight is 774 g/mol. The van der Waals surface area contributed by atoms with Crippen LogP contribution < -0.4 is 15.2 Å². The molecule has 2 heterocycles. The maximum Gasteiger partial charge on any atom is 0.511 e. The Kier molecular flexibility index (Phi) is 16.6. The van der Waals surface area contributed by atoms with Gasteiger partial charge >= 0.3 is 38.1 Å². The van der Waals surface area contributed by atoms with Crippen LogP contribution in [-0.2, 0) is 53.3 Å². The number of fused-ring (bicyclic) bond motifs is 1. The first-order valence-electron chi connectivity index (χ1n) is 16.6. The number of ether oxygens (including phenoxy) is 9. The van der Waals surface area contributed by atoms with E-state index in [1.807, 2.05) is 13.0 Å². The molecule has 0 saturated carbocycles. The van der Waals surface area contributed by atoms with E-state index >= 15 is 0 Å². The van der Waals surface area contributed by atoms with Crippen LogP contribution in [-0.4, -0.2) is 103 Å². The summed E-state index contributed by atoms with van der Waals surface area (Å²) in [7, 11) is -2.61. The third-order valence-corrected chi connectivity index (χ3v) is 8.30. The Hall–Kier alpha value is -4.65. The summed E-state index contributed by atoms with van der Waals surface area (Å²) in [6, 6.07) is -0.0531. The van der Waals surface area contributed by atoms with Crippen molar-refractivity contribution in [2.75, 3.05) is 52.6 Å². The number of carbonyl (C=O) groups is 3. The summed E-state index contributed by atoms with van der Waals surface area (Å²) in [6.07, 6.45) is -0.436. The number of nitrogens with zero attached hydrogens (tertiary/aromatic N) is 4. The molecule has 2 N–H and O–H groups in total. The summed E-state index contributed by atoms with van der Waals surface area (Å²) in [5.74, 6) is -0.0727. The summed E-state index contributed by atoms with van der Waals surface area (Å²) < 4.78 is 72.4. The molecule has 0 saturated heterocycles. The molecule has 0 fully saturated rings. The van der Waals surface area contributed by atoms with Crippen molar-refractivity contribution in [2.24, 2.45) is 5.92 Å². The molecule has 0 aromatic carbocycles. The number of hydrogen-bond acceptors (Lipinski definition) is 19. The highest BCUT2D eigenvalue weighted by atomic mass is 31.2. The fourth-order valence-electron chi connectivity index (χ4n) is 4.61. The number of aromatic nitrogens is 4. The van der Waals surface area contributed by atoms with Gasteiger partial charge in [0, 0.05) is 7.11 Å². The molecule has 2 aromatic rings. The molecule has 21 heteroatoms. The molecule has 0 bridgehead atoms. The van der Waals surface area contributed by atoms with Gasteiger partial charge in [0.05, 0.1) is 37.6 Å². The molecule has 1 atom stereocenters. The maximum atomic E-state index is 14.0. The molecule has 0 aliphatic heterocycles. The number of methoxy groups -OCH3 is 1. The van der Waals surface area contributed by atoms with Crippen LogP contribution in [0.3, 0.4) is 0 Å². The Balaban J connectivity index is 1.90. The van der Waals surface area contributed by atoms with E-state index in [1.54, 1.807) is 52.2 Å². The molecule has 0 radical (unpaired) electrons. The molecule has 0 amide bonds. The number of imidazole rings is 1. The van der Waals surface area contributed by atoms with E-state index in [0.29, 0.717) is 17.6 Å². The van der Waals surface area contributed by atoms with Gasteiger partial charge in [0.25, 0.3) is 0 Å². The lowest BCUT2D eigenvalue weighted by Gasteiger charge is -2.24. The summed E-state index contributed by atoms with van der Waals surface area (Å²) in [5, 5.41) is 0. The Labute approximate surface area is 306 Å². The van der Waals surface area contributed by atoms with E-state index in [0.717, 1.165) is 0 Å². The first-order chi connectivity index (χ1) is 25.1. The van der Waals surface area contributed by atoms with Gasteiger partial charge in [-0.25, -0.2) is 14.4 Å². The van der Waals surface area contributed by atoms with Crippen LogP contribution in [0.5, 0.6) is 12.0 Å². The van der Waals surface area contributed by atoms with Crippen LogP contribution in [0.15, 0.2) is 23.3 Å². The van der Waals surface area contributed by atoms with E-state index < -0.39 is 64.8 Å². The molecule has 3 rings (SSSR count). The molecule has 1 unspecified atom stereocenters. The minimum absolute atomic E-state index is 0.00241. The molecule has 20 nitrogen and oxygen atoms in total. The Morgan fingerprint density at radius 3 is 1.96 bits per heavy atom. The monoisotopic (exact) mass is 773 g/mol. The van der Waals surface area contributed by atoms with Gasteiger partial charge in [0.15, 0.2) is 17.0 Å². The van der Waals surface area contributed by atoms with E-state index in [4.69, 9.17) is 57.4 Å². The highest BCUT2D eigenvalue weighted by molar-refractivity contribution is 7.54. The lowest BCUT2D eigenvalue weighted by Crippen LogP contribution is -2.18. The molecular weight excluding hydrogens is 725 g/mol. The standard InChI is InChI=1S/C32H48N5O15P/c1-19(2)50-30(38)45-16-44-29-34-25-26(33)35-28(43-10-9-42-8)36-27(25)37(29)14-23-11-22(7)12-24(13-23)15-53(41,48-17-46-31(39)51-20(3)4)49-18-47-32(40)52-21(5)6/h11,13,19-22H,9-10,12,14-18H2,1-8H3,(H2,33,35,36). The number of rotatable bonds is 20. The van der Waals surface area contributed by atoms with Crippen molar-refractivity contribution in [3.63, 3.8) is 0 Å². The van der Waals surface area contributed by atoms with Gasteiger partial charge in [-0.1, -0.05) is 24.6 Å². The van der Waals surface area contributed by atoms with Gasteiger partial charge in [0.2, 0.25) is 20.4 Å². The van der Waals surface area contributed by atoms with Gasteiger partial charge in [-0.05, 0) is 59.5 Å². The van der Waals surface area contributed by atoms with Crippen LogP contribution in [0.4, 0.5) is 20.2 Å².